The maximum absolute atomic E-state index is 11.9. The summed E-state index contributed by atoms with van der Waals surface area (Å²) < 4.78 is 34.7. The number of nitrogens with one attached hydrogen (secondary N) is 1. The maximum atomic E-state index is 11.9. The fourth-order valence-corrected chi connectivity index (χ4v) is 4.97. The van der Waals surface area contributed by atoms with Crippen LogP contribution in [-0.2, 0) is 27.6 Å². The van der Waals surface area contributed by atoms with Crippen LogP contribution >= 0.6 is 0 Å². The summed E-state index contributed by atoms with van der Waals surface area (Å²) >= 11 is 0. The van der Waals surface area contributed by atoms with Crippen molar-refractivity contribution in [3.05, 3.63) is 30.1 Å². The molecule has 1 fully saturated rings. The number of hydrogen-bond acceptors (Lipinski definition) is 8. The third kappa shape index (κ3) is 4.96. The molecule has 2 aliphatic heterocycles. The Morgan fingerprint density at radius 2 is 1.93 bits per heavy atom. The first kappa shape index (κ1) is 21.1. The minimum atomic E-state index is -3.33. The molecule has 0 aliphatic carbocycles. The van der Waals surface area contributed by atoms with Gasteiger partial charge in [0.1, 0.15) is 5.82 Å². The number of aryl methyl sites for hydroxylation is 2. The quantitative estimate of drug-likeness (QED) is 0.677. The number of nitrogens with zero attached hydrogens (tertiary/aromatic N) is 6. The molecule has 0 saturated carbocycles. The highest BCUT2D eigenvalue weighted by atomic mass is 32.2. The van der Waals surface area contributed by atoms with Crippen molar-refractivity contribution in [2.45, 2.75) is 57.2 Å². The van der Waals surface area contributed by atoms with Gasteiger partial charge < -0.3 is 9.64 Å². The summed E-state index contributed by atoms with van der Waals surface area (Å²) in [5.74, 6) is 2.44. The summed E-state index contributed by atoms with van der Waals surface area (Å²) in [5.41, 5.74) is 0. The molecule has 0 amide bonds. The van der Waals surface area contributed by atoms with Crippen molar-refractivity contribution in [1.29, 1.82) is 0 Å². The first-order valence-electron chi connectivity index (χ1n) is 10.5. The fraction of sp³-hybridized carbons (Fsp3) is 0.684. The molecule has 0 radical (unpaired) electrons. The predicted octanol–water partition coefficient (Wildman–Crippen LogP) is 0.721. The van der Waals surface area contributed by atoms with Gasteiger partial charge >= 0.3 is 0 Å². The third-order valence-corrected chi connectivity index (χ3v) is 6.40. The molecule has 4 rings (SSSR count). The van der Waals surface area contributed by atoms with E-state index in [1.165, 1.54) is 6.26 Å². The van der Waals surface area contributed by atoms with E-state index in [1.807, 2.05) is 17.7 Å². The minimum absolute atomic E-state index is 0.114. The van der Waals surface area contributed by atoms with Crippen molar-refractivity contribution < 1.29 is 13.2 Å². The molecule has 10 nitrogen and oxygen atoms in total. The van der Waals surface area contributed by atoms with Crippen molar-refractivity contribution in [1.82, 2.24) is 29.5 Å². The topological polar surface area (TPSA) is 115 Å². The van der Waals surface area contributed by atoms with E-state index >= 15 is 0 Å². The molecular formula is C19H29N7O3S. The van der Waals surface area contributed by atoms with Gasteiger partial charge in [0.2, 0.25) is 16.0 Å². The number of ether oxygens (including phenoxy) is 1. The van der Waals surface area contributed by atoms with Crippen molar-refractivity contribution in [2.75, 3.05) is 30.9 Å². The zero-order valence-electron chi connectivity index (χ0n) is 17.4. The average Bonchev–Trinajstić information content (AvgIpc) is 3.16. The van der Waals surface area contributed by atoms with E-state index in [4.69, 9.17) is 4.74 Å². The van der Waals surface area contributed by atoms with Crippen molar-refractivity contribution in [3.63, 3.8) is 0 Å². The van der Waals surface area contributed by atoms with E-state index < -0.39 is 10.0 Å². The number of sulfonamides is 1. The van der Waals surface area contributed by atoms with Crippen LogP contribution in [0.1, 0.15) is 43.9 Å². The minimum Gasteiger partial charge on any atom is -0.376 e. The second-order valence-electron chi connectivity index (χ2n) is 7.91. The molecule has 1 N–H and O–H groups in total. The molecular weight excluding hydrogens is 406 g/mol. The highest BCUT2D eigenvalue weighted by molar-refractivity contribution is 7.88. The SMILES string of the molecule is CCc1nc2n(n1)C(COC1CCN(c3ncccn3)CC1)C(NS(C)(=O)=O)CC2. The van der Waals surface area contributed by atoms with Gasteiger partial charge in [-0.3, -0.25) is 0 Å². The first-order chi connectivity index (χ1) is 14.4. The number of rotatable bonds is 7. The lowest BCUT2D eigenvalue weighted by Crippen LogP contribution is -2.47. The van der Waals surface area contributed by atoms with Crippen LogP contribution < -0.4 is 9.62 Å². The van der Waals surface area contributed by atoms with Crippen molar-refractivity contribution >= 4 is 16.0 Å². The molecule has 0 spiro atoms. The second-order valence-corrected chi connectivity index (χ2v) is 9.69. The number of hydrogen-bond donors (Lipinski definition) is 1. The lowest BCUT2D eigenvalue weighted by molar-refractivity contribution is 0.00580. The van der Waals surface area contributed by atoms with Gasteiger partial charge in [0.15, 0.2) is 5.82 Å². The Labute approximate surface area is 177 Å². The highest BCUT2D eigenvalue weighted by Gasteiger charge is 2.34. The van der Waals surface area contributed by atoms with Gasteiger partial charge in [0, 0.05) is 44.4 Å². The Morgan fingerprint density at radius 3 is 2.60 bits per heavy atom. The Balaban J connectivity index is 1.40. The zero-order valence-corrected chi connectivity index (χ0v) is 18.3. The molecule has 4 heterocycles. The van der Waals surface area contributed by atoms with Crippen LogP contribution in [0.15, 0.2) is 18.5 Å². The smallest absolute Gasteiger partial charge is 0.225 e. The molecule has 0 aromatic carbocycles. The van der Waals surface area contributed by atoms with E-state index in [2.05, 4.69) is 29.7 Å². The standard InChI is InChI=1S/C19H29N7O3S/c1-3-17-22-18-6-5-15(24-30(2,27)28)16(26(18)23-17)13-29-14-7-11-25(12-8-14)19-20-9-4-10-21-19/h4,9-10,14-16,24H,3,5-8,11-13H2,1-2H3. The number of anilines is 1. The molecule has 164 valence electrons. The number of fused-ring (bicyclic) bond motifs is 1. The summed E-state index contributed by atoms with van der Waals surface area (Å²) in [6.07, 6.45) is 8.70. The third-order valence-electron chi connectivity index (χ3n) is 5.66. The monoisotopic (exact) mass is 435 g/mol. The van der Waals surface area contributed by atoms with Crippen LogP contribution in [0.2, 0.25) is 0 Å². The van der Waals surface area contributed by atoms with Crippen LogP contribution in [-0.4, -0.2) is 71.2 Å². The Kier molecular flexibility index (Phi) is 6.30. The molecule has 1 saturated heterocycles. The summed E-state index contributed by atoms with van der Waals surface area (Å²) in [5, 5.41) is 4.61. The van der Waals surface area contributed by atoms with E-state index in [9.17, 15) is 8.42 Å². The van der Waals surface area contributed by atoms with E-state index in [-0.39, 0.29) is 18.2 Å². The van der Waals surface area contributed by atoms with Crippen LogP contribution in [0.3, 0.4) is 0 Å². The van der Waals surface area contributed by atoms with Crippen LogP contribution in [0.4, 0.5) is 5.95 Å². The Hall–Kier alpha value is -2.11. The zero-order chi connectivity index (χ0) is 21.1. The highest BCUT2D eigenvalue weighted by Crippen LogP contribution is 2.27. The first-order valence-corrected chi connectivity index (χ1v) is 12.4. The molecule has 0 bridgehead atoms. The van der Waals surface area contributed by atoms with Gasteiger partial charge in [-0.05, 0) is 25.3 Å². The Bertz CT molecular complexity index is 942. The van der Waals surface area contributed by atoms with Crippen molar-refractivity contribution in [2.24, 2.45) is 0 Å². The van der Waals surface area contributed by atoms with Crippen molar-refractivity contribution in [3.8, 4) is 0 Å². The van der Waals surface area contributed by atoms with Gasteiger partial charge in [-0.1, -0.05) is 6.92 Å². The van der Waals surface area contributed by atoms with Gasteiger partial charge in [-0.15, -0.1) is 0 Å². The van der Waals surface area contributed by atoms with E-state index in [1.54, 1.807) is 12.4 Å². The largest absolute Gasteiger partial charge is 0.376 e. The van der Waals surface area contributed by atoms with Crippen LogP contribution in [0.25, 0.3) is 0 Å². The lowest BCUT2D eigenvalue weighted by Gasteiger charge is -2.35. The van der Waals surface area contributed by atoms with Gasteiger partial charge in [-0.25, -0.2) is 32.8 Å². The summed E-state index contributed by atoms with van der Waals surface area (Å²) in [6.45, 7) is 4.08. The normalized spacial score (nSPS) is 22.8. The van der Waals surface area contributed by atoms with E-state index in [0.717, 1.165) is 49.9 Å². The molecule has 2 atom stereocenters. The summed E-state index contributed by atoms with van der Waals surface area (Å²) in [6, 6.07) is 1.36. The Morgan fingerprint density at radius 1 is 1.20 bits per heavy atom. The lowest BCUT2D eigenvalue weighted by atomic mass is 10.00. The van der Waals surface area contributed by atoms with Crippen LogP contribution in [0, 0.1) is 0 Å². The van der Waals surface area contributed by atoms with Crippen LogP contribution in [0.5, 0.6) is 0 Å². The second kappa shape index (κ2) is 8.94. The van der Waals surface area contributed by atoms with Gasteiger partial charge in [-0.2, -0.15) is 5.10 Å². The molecule has 30 heavy (non-hydrogen) atoms. The summed E-state index contributed by atoms with van der Waals surface area (Å²) in [4.78, 5) is 15.4. The summed E-state index contributed by atoms with van der Waals surface area (Å²) in [7, 11) is -3.33. The molecule has 2 aliphatic rings. The number of piperidine rings is 1. The van der Waals surface area contributed by atoms with Gasteiger partial charge in [0.05, 0.1) is 25.0 Å². The molecule has 11 heteroatoms. The predicted molar refractivity (Wildman–Crippen MR) is 112 cm³/mol. The van der Waals surface area contributed by atoms with E-state index in [0.29, 0.717) is 19.4 Å². The molecule has 2 unspecified atom stereocenters. The molecule has 2 aromatic rings. The van der Waals surface area contributed by atoms with Gasteiger partial charge in [0.25, 0.3) is 0 Å². The average molecular weight is 436 g/mol. The fourth-order valence-electron chi connectivity index (χ4n) is 4.15. The molecule has 2 aromatic heterocycles. The number of aromatic nitrogens is 5. The maximum Gasteiger partial charge on any atom is 0.225 e.